The van der Waals surface area contributed by atoms with Gasteiger partial charge in [-0.1, -0.05) is 12.1 Å². The number of ether oxygens (including phenoxy) is 1. The normalized spacial score (nSPS) is 24.0. The first-order valence-electron chi connectivity index (χ1n) is 9.60. The number of aromatic nitrogens is 3. The Morgan fingerprint density at radius 3 is 2.75 bits per heavy atom. The molecule has 2 saturated heterocycles. The summed E-state index contributed by atoms with van der Waals surface area (Å²) in [7, 11) is 1.67. The lowest BCUT2D eigenvalue weighted by Crippen LogP contribution is -2.34. The number of fused-ring (bicyclic) bond motifs is 2. The van der Waals surface area contributed by atoms with Gasteiger partial charge in [-0.3, -0.25) is 9.89 Å². The second kappa shape index (κ2) is 6.51. The number of amides is 1. The Morgan fingerprint density at radius 2 is 2.00 bits per heavy atom. The minimum Gasteiger partial charge on any atom is -0.497 e. The first-order chi connectivity index (χ1) is 13.7. The van der Waals surface area contributed by atoms with Crippen molar-refractivity contribution in [1.82, 2.24) is 20.1 Å². The Kier molecular flexibility index (Phi) is 3.96. The summed E-state index contributed by atoms with van der Waals surface area (Å²) in [5.41, 5.74) is 2.17. The molecule has 7 heteroatoms. The lowest BCUT2D eigenvalue weighted by atomic mass is 9.89. The average molecular weight is 377 g/mol. The van der Waals surface area contributed by atoms with Crippen LogP contribution in [0.25, 0.3) is 10.9 Å². The number of anilines is 1. The van der Waals surface area contributed by atoms with Crippen LogP contribution in [0.5, 0.6) is 5.75 Å². The molecule has 0 unspecified atom stereocenters. The summed E-state index contributed by atoms with van der Waals surface area (Å²) in [6.07, 6.45) is 3.67. The van der Waals surface area contributed by atoms with E-state index in [1.165, 1.54) is 5.56 Å². The number of benzene rings is 1. The first-order valence-corrected chi connectivity index (χ1v) is 9.60. The molecule has 0 spiro atoms. The van der Waals surface area contributed by atoms with Gasteiger partial charge in [0.1, 0.15) is 11.6 Å². The Balaban J connectivity index is 1.47. The van der Waals surface area contributed by atoms with E-state index in [-0.39, 0.29) is 11.9 Å². The predicted octanol–water partition coefficient (Wildman–Crippen LogP) is 2.62. The first kappa shape index (κ1) is 17.0. The predicted molar refractivity (Wildman–Crippen MR) is 106 cm³/mol. The SMILES string of the molecule is COc1ccc([C@H]2[C@@H]3CN(c4nccc5[nH]ncc45)C[C@@H]3CN2C(C)=O)cc1. The number of nitrogens with zero attached hydrogens (tertiary/aromatic N) is 4. The maximum absolute atomic E-state index is 12.3. The molecular formula is C21H23N5O2. The number of rotatable bonds is 3. The van der Waals surface area contributed by atoms with Gasteiger partial charge in [0, 0.05) is 44.6 Å². The van der Waals surface area contributed by atoms with Crippen molar-refractivity contribution in [2.75, 3.05) is 31.6 Å². The summed E-state index contributed by atoms with van der Waals surface area (Å²) >= 11 is 0. The Bertz CT molecular complexity index is 1020. The summed E-state index contributed by atoms with van der Waals surface area (Å²) in [5.74, 6) is 2.75. The molecule has 0 radical (unpaired) electrons. The second-order valence-electron chi connectivity index (χ2n) is 7.68. The number of carbonyl (C=O) groups excluding carboxylic acids is 1. The molecule has 0 bridgehead atoms. The van der Waals surface area contributed by atoms with Crippen LogP contribution in [0.3, 0.4) is 0 Å². The van der Waals surface area contributed by atoms with E-state index in [2.05, 4.69) is 32.2 Å². The maximum atomic E-state index is 12.3. The average Bonchev–Trinajstić information content (AvgIpc) is 3.41. The highest BCUT2D eigenvalue weighted by atomic mass is 16.5. The number of H-pyrrole nitrogens is 1. The molecule has 28 heavy (non-hydrogen) atoms. The molecule has 5 rings (SSSR count). The fourth-order valence-electron chi connectivity index (χ4n) is 4.88. The van der Waals surface area contributed by atoms with Crippen molar-refractivity contribution in [2.24, 2.45) is 11.8 Å². The van der Waals surface area contributed by atoms with Gasteiger partial charge in [-0.05, 0) is 23.8 Å². The van der Waals surface area contributed by atoms with Crippen molar-refractivity contribution in [3.63, 3.8) is 0 Å². The number of aromatic amines is 1. The second-order valence-corrected chi connectivity index (χ2v) is 7.68. The molecule has 2 aromatic heterocycles. The van der Waals surface area contributed by atoms with E-state index in [4.69, 9.17) is 4.74 Å². The monoisotopic (exact) mass is 377 g/mol. The van der Waals surface area contributed by atoms with E-state index in [0.29, 0.717) is 11.8 Å². The summed E-state index contributed by atoms with van der Waals surface area (Å²) in [6, 6.07) is 10.1. The molecule has 7 nitrogen and oxygen atoms in total. The van der Waals surface area contributed by atoms with Gasteiger partial charge in [-0.2, -0.15) is 5.10 Å². The molecule has 1 amide bonds. The van der Waals surface area contributed by atoms with Gasteiger partial charge in [-0.25, -0.2) is 4.98 Å². The van der Waals surface area contributed by atoms with E-state index in [0.717, 1.165) is 42.1 Å². The summed E-state index contributed by atoms with van der Waals surface area (Å²) < 4.78 is 5.29. The molecule has 0 saturated carbocycles. The van der Waals surface area contributed by atoms with Crippen molar-refractivity contribution in [3.05, 3.63) is 48.3 Å². The third-order valence-electron chi connectivity index (χ3n) is 6.17. The Morgan fingerprint density at radius 1 is 1.18 bits per heavy atom. The molecule has 2 aliphatic heterocycles. The third kappa shape index (κ3) is 2.61. The van der Waals surface area contributed by atoms with Crippen molar-refractivity contribution < 1.29 is 9.53 Å². The van der Waals surface area contributed by atoms with Crippen molar-refractivity contribution in [3.8, 4) is 5.75 Å². The van der Waals surface area contributed by atoms with Crippen molar-refractivity contribution in [1.29, 1.82) is 0 Å². The standard InChI is InChI=1S/C21H23N5O2/c1-13(27)26-11-15-10-25(21-17-9-23-24-19(17)7-8-22-21)12-18(15)20(26)14-3-5-16(28-2)6-4-14/h3-9,15,18,20H,10-12H2,1-2H3,(H,23,24)/t15-,18-,20+/m1/s1. The molecule has 4 heterocycles. The van der Waals surface area contributed by atoms with Crippen LogP contribution in [0, 0.1) is 11.8 Å². The molecule has 2 fully saturated rings. The van der Waals surface area contributed by atoms with Gasteiger partial charge in [-0.15, -0.1) is 0 Å². The zero-order chi connectivity index (χ0) is 19.3. The van der Waals surface area contributed by atoms with Gasteiger partial charge >= 0.3 is 0 Å². The fourth-order valence-corrected chi connectivity index (χ4v) is 4.88. The molecule has 1 N–H and O–H groups in total. The third-order valence-corrected chi connectivity index (χ3v) is 6.17. The molecule has 1 aromatic carbocycles. The molecule has 0 aliphatic carbocycles. The van der Waals surface area contributed by atoms with Crippen LogP contribution >= 0.6 is 0 Å². The number of hydrogen-bond acceptors (Lipinski definition) is 5. The van der Waals surface area contributed by atoms with Crippen molar-refractivity contribution >= 4 is 22.6 Å². The van der Waals surface area contributed by atoms with E-state index in [1.54, 1.807) is 14.0 Å². The number of carbonyl (C=O) groups is 1. The van der Waals surface area contributed by atoms with Crippen LogP contribution < -0.4 is 9.64 Å². The molecule has 3 atom stereocenters. The number of likely N-dealkylation sites (tertiary alicyclic amines) is 1. The minimum absolute atomic E-state index is 0.0851. The molecular weight excluding hydrogens is 354 g/mol. The molecule has 3 aromatic rings. The van der Waals surface area contributed by atoms with Crippen LogP contribution in [0.4, 0.5) is 5.82 Å². The summed E-state index contributed by atoms with van der Waals surface area (Å²) in [4.78, 5) is 21.3. The summed E-state index contributed by atoms with van der Waals surface area (Å²) in [6.45, 7) is 4.23. The van der Waals surface area contributed by atoms with Gasteiger partial charge in [0.05, 0.1) is 30.3 Å². The number of methoxy groups -OCH3 is 1. The number of hydrogen-bond donors (Lipinski definition) is 1. The largest absolute Gasteiger partial charge is 0.497 e. The van der Waals surface area contributed by atoms with E-state index >= 15 is 0 Å². The van der Waals surface area contributed by atoms with Gasteiger partial charge in [0.2, 0.25) is 5.91 Å². The van der Waals surface area contributed by atoms with Crippen LogP contribution in [0.2, 0.25) is 0 Å². The summed E-state index contributed by atoms with van der Waals surface area (Å²) in [5, 5.41) is 8.23. The minimum atomic E-state index is 0.0851. The lowest BCUT2D eigenvalue weighted by molar-refractivity contribution is -0.130. The van der Waals surface area contributed by atoms with Gasteiger partial charge in [0.25, 0.3) is 0 Å². The highest BCUT2D eigenvalue weighted by molar-refractivity contribution is 5.89. The van der Waals surface area contributed by atoms with E-state index in [1.807, 2.05) is 35.5 Å². The van der Waals surface area contributed by atoms with Gasteiger partial charge in [0.15, 0.2) is 0 Å². The van der Waals surface area contributed by atoms with Gasteiger partial charge < -0.3 is 14.5 Å². The quantitative estimate of drug-likeness (QED) is 0.760. The van der Waals surface area contributed by atoms with E-state index < -0.39 is 0 Å². The Labute approximate surface area is 163 Å². The lowest BCUT2D eigenvalue weighted by Gasteiger charge is -2.29. The van der Waals surface area contributed by atoms with Crippen LogP contribution in [0.15, 0.2) is 42.7 Å². The van der Waals surface area contributed by atoms with Crippen LogP contribution in [0.1, 0.15) is 18.5 Å². The molecule has 2 aliphatic rings. The fraction of sp³-hybridized carbons (Fsp3) is 0.381. The number of pyridine rings is 1. The van der Waals surface area contributed by atoms with Crippen molar-refractivity contribution in [2.45, 2.75) is 13.0 Å². The van der Waals surface area contributed by atoms with Crippen LogP contribution in [-0.4, -0.2) is 52.7 Å². The Hall–Kier alpha value is -3.09. The van der Waals surface area contributed by atoms with E-state index in [9.17, 15) is 4.79 Å². The highest BCUT2D eigenvalue weighted by Crippen LogP contribution is 2.46. The van der Waals surface area contributed by atoms with Crippen LogP contribution in [-0.2, 0) is 4.79 Å². The smallest absolute Gasteiger partial charge is 0.219 e. The zero-order valence-corrected chi connectivity index (χ0v) is 16.0. The molecule has 144 valence electrons. The highest BCUT2D eigenvalue weighted by Gasteiger charge is 2.48. The topological polar surface area (TPSA) is 74.3 Å². The maximum Gasteiger partial charge on any atom is 0.219 e. The number of nitrogens with one attached hydrogen (secondary N) is 1. The zero-order valence-electron chi connectivity index (χ0n) is 16.0.